The fourth-order valence-corrected chi connectivity index (χ4v) is 6.14. The number of carbonyl (C=O) groups excluding carboxylic acids is 1. The number of amides is 1. The van der Waals surface area contributed by atoms with Crippen molar-refractivity contribution in [2.45, 2.75) is 38.6 Å². The van der Waals surface area contributed by atoms with Crippen molar-refractivity contribution in [2.75, 3.05) is 45.9 Å². The first-order chi connectivity index (χ1) is 19.5. The molecule has 0 bridgehead atoms. The van der Waals surface area contributed by atoms with Gasteiger partial charge in [-0.2, -0.15) is 0 Å². The van der Waals surface area contributed by atoms with E-state index >= 15 is 0 Å². The van der Waals surface area contributed by atoms with Gasteiger partial charge >= 0.3 is 6.09 Å². The van der Waals surface area contributed by atoms with Gasteiger partial charge in [-0.25, -0.2) is 4.79 Å². The van der Waals surface area contributed by atoms with Crippen molar-refractivity contribution >= 4 is 28.6 Å². The molecule has 1 aliphatic carbocycles. The average molecular weight is 561 g/mol. The van der Waals surface area contributed by atoms with Crippen LogP contribution in [0.25, 0.3) is 10.9 Å². The minimum atomic E-state index is -0.326. The van der Waals surface area contributed by atoms with Gasteiger partial charge in [-0.3, -0.25) is 4.90 Å². The molecule has 40 heavy (non-hydrogen) atoms. The lowest BCUT2D eigenvalue weighted by atomic mass is 9.92. The molecule has 0 spiro atoms. The maximum absolute atomic E-state index is 13.6. The van der Waals surface area contributed by atoms with Crippen LogP contribution in [-0.4, -0.2) is 66.8 Å². The average Bonchev–Trinajstić information content (AvgIpc) is 3.34. The number of benzene rings is 2. The molecule has 0 radical (unpaired) electrons. The van der Waals surface area contributed by atoms with Crippen LogP contribution >= 0.6 is 11.6 Å². The molecule has 8 heteroatoms. The van der Waals surface area contributed by atoms with Crippen LogP contribution < -0.4 is 10.1 Å². The summed E-state index contributed by atoms with van der Waals surface area (Å²) >= 11 is 6.37. The van der Waals surface area contributed by atoms with Crippen molar-refractivity contribution < 1.29 is 14.3 Å². The fraction of sp³-hybridized carbons (Fsp3) is 0.406. The number of allylic oxidation sites excluding steroid dienone is 4. The first-order valence-electron chi connectivity index (χ1n) is 14.4. The number of aromatic nitrogens is 1. The molecule has 3 heterocycles. The number of piperazine rings is 1. The van der Waals surface area contributed by atoms with Crippen LogP contribution in [0, 0.1) is 0 Å². The summed E-state index contributed by atoms with van der Waals surface area (Å²) < 4.78 is 12.1. The number of nitrogens with zero attached hydrogens (tertiary/aromatic N) is 2. The highest BCUT2D eigenvalue weighted by atomic mass is 35.5. The summed E-state index contributed by atoms with van der Waals surface area (Å²) in [5, 5.41) is 5.21. The molecule has 1 saturated heterocycles. The number of hydrogen-bond acceptors (Lipinski definition) is 5. The number of rotatable bonds is 7. The Bertz CT molecular complexity index is 1440. The van der Waals surface area contributed by atoms with Crippen LogP contribution in [0.15, 0.2) is 65.9 Å². The number of halogens is 1. The van der Waals surface area contributed by atoms with Crippen molar-refractivity contribution in [1.82, 2.24) is 20.1 Å². The van der Waals surface area contributed by atoms with Crippen molar-refractivity contribution in [2.24, 2.45) is 0 Å². The second kappa shape index (κ2) is 12.1. The van der Waals surface area contributed by atoms with Crippen LogP contribution in [0.3, 0.4) is 0 Å². The largest absolute Gasteiger partial charge is 0.494 e. The standard InChI is InChI=1S/C32H37ClN4O3/c1-22-6-9-25(10-7-22)40-32(38)37-16-12-27-28-21-24(33)8-11-29(28)35-30(27)31(37)23-4-2-5-26(20-23)39-19-3-15-36-17-13-34-14-18-36/h2,4-6,8-9,11,20-21,31,34-35H,3,7,10,12-19H2,1H3. The number of hydrogen-bond donors (Lipinski definition) is 2. The summed E-state index contributed by atoms with van der Waals surface area (Å²) in [6, 6.07) is 13.7. The maximum Gasteiger partial charge on any atom is 0.415 e. The monoisotopic (exact) mass is 560 g/mol. The number of ether oxygens (including phenoxy) is 2. The number of H-pyrrole nitrogens is 1. The zero-order chi connectivity index (χ0) is 27.5. The maximum atomic E-state index is 13.6. The molecular weight excluding hydrogens is 524 g/mol. The Kier molecular flexibility index (Phi) is 8.14. The van der Waals surface area contributed by atoms with E-state index in [9.17, 15) is 4.79 Å². The van der Waals surface area contributed by atoms with E-state index in [0.29, 0.717) is 23.9 Å². The van der Waals surface area contributed by atoms with Gasteiger partial charge in [-0.15, -0.1) is 0 Å². The molecule has 2 aliphatic heterocycles. The number of carbonyl (C=O) groups is 1. The first kappa shape index (κ1) is 26.9. The Labute approximate surface area is 240 Å². The van der Waals surface area contributed by atoms with E-state index < -0.39 is 0 Å². The minimum absolute atomic E-state index is 0.325. The third kappa shape index (κ3) is 5.92. The molecule has 7 nitrogen and oxygen atoms in total. The van der Waals surface area contributed by atoms with Crippen LogP contribution in [0.1, 0.15) is 49.0 Å². The number of nitrogens with one attached hydrogen (secondary N) is 2. The molecule has 1 fully saturated rings. The van der Waals surface area contributed by atoms with Gasteiger partial charge in [0.2, 0.25) is 0 Å². The molecule has 1 amide bonds. The van der Waals surface area contributed by atoms with E-state index in [0.717, 1.165) is 86.3 Å². The second-order valence-electron chi connectivity index (χ2n) is 10.9. The molecule has 3 aliphatic rings. The molecule has 2 aromatic carbocycles. The van der Waals surface area contributed by atoms with E-state index in [1.165, 1.54) is 11.1 Å². The lowest BCUT2D eigenvalue weighted by Gasteiger charge is -2.35. The molecule has 3 aromatic rings. The quantitative estimate of drug-likeness (QED) is 0.337. The molecular formula is C32H37ClN4O3. The summed E-state index contributed by atoms with van der Waals surface area (Å²) in [5.74, 6) is 1.53. The molecule has 0 saturated carbocycles. The highest BCUT2D eigenvalue weighted by Gasteiger charge is 2.36. The number of aromatic amines is 1. The normalized spacial score (nSPS) is 19.6. The van der Waals surface area contributed by atoms with Gasteiger partial charge in [0.25, 0.3) is 0 Å². The van der Waals surface area contributed by atoms with E-state index in [1.54, 1.807) is 0 Å². The highest BCUT2D eigenvalue weighted by Crippen LogP contribution is 2.40. The Morgan fingerprint density at radius 3 is 2.75 bits per heavy atom. The minimum Gasteiger partial charge on any atom is -0.494 e. The van der Waals surface area contributed by atoms with Crippen LogP contribution in [0.4, 0.5) is 4.79 Å². The van der Waals surface area contributed by atoms with Crippen molar-refractivity contribution in [3.05, 3.63) is 87.8 Å². The summed E-state index contributed by atoms with van der Waals surface area (Å²) in [6.07, 6.45) is 6.96. The van der Waals surface area contributed by atoms with Gasteiger partial charge in [0.05, 0.1) is 6.61 Å². The van der Waals surface area contributed by atoms with Crippen molar-refractivity contribution in [3.8, 4) is 5.75 Å². The Hall–Kier alpha value is -3.26. The topological polar surface area (TPSA) is 69.8 Å². The summed E-state index contributed by atoms with van der Waals surface area (Å²) in [6.45, 7) is 8.63. The van der Waals surface area contributed by atoms with Crippen LogP contribution in [0.2, 0.25) is 5.02 Å². The third-order valence-corrected chi connectivity index (χ3v) is 8.37. The molecule has 2 N–H and O–H groups in total. The van der Waals surface area contributed by atoms with E-state index in [-0.39, 0.29) is 12.1 Å². The smallest absolute Gasteiger partial charge is 0.415 e. The van der Waals surface area contributed by atoms with E-state index in [2.05, 4.69) is 34.3 Å². The molecule has 210 valence electrons. The zero-order valence-electron chi connectivity index (χ0n) is 23.0. The van der Waals surface area contributed by atoms with Crippen LogP contribution in [0.5, 0.6) is 5.75 Å². The number of fused-ring (bicyclic) bond motifs is 3. The fourth-order valence-electron chi connectivity index (χ4n) is 5.97. The summed E-state index contributed by atoms with van der Waals surface area (Å²) in [7, 11) is 0. The molecule has 6 rings (SSSR count). The predicted octanol–water partition coefficient (Wildman–Crippen LogP) is 6.20. The van der Waals surface area contributed by atoms with Crippen LogP contribution in [-0.2, 0) is 11.2 Å². The molecule has 1 unspecified atom stereocenters. The van der Waals surface area contributed by atoms with Gasteiger partial charge in [0.1, 0.15) is 17.6 Å². The molecule has 1 aromatic heterocycles. The molecule has 1 atom stereocenters. The van der Waals surface area contributed by atoms with Gasteiger partial charge in [0.15, 0.2) is 0 Å². The highest BCUT2D eigenvalue weighted by molar-refractivity contribution is 6.31. The van der Waals surface area contributed by atoms with Crippen molar-refractivity contribution in [1.29, 1.82) is 0 Å². The van der Waals surface area contributed by atoms with Crippen molar-refractivity contribution in [3.63, 3.8) is 0 Å². The summed E-state index contributed by atoms with van der Waals surface area (Å²) in [4.78, 5) is 21.6. The Morgan fingerprint density at radius 1 is 1.05 bits per heavy atom. The van der Waals surface area contributed by atoms with Gasteiger partial charge < -0.3 is 24.7 Å². The van der Waals surface area contributed by atoms with E-state index in [1.807, 2.05) is 47.4 Å². The van der Waals surface area contributed by atoms with Gasteiger partial charge in [-0.1, -0.05) is 35.4 Å². The lowest BCUT2D eigenvalue weighted by Crippen LogP contribution is -2.43. The third-order valence-electron chi connectivity index (χ3n) is 8.13. The SMILES string of the molecule is CC1=CC=C(OC(=O)N2CCc3c([nH]c4ccc(Cl)cc34)C2c2cccc(OCCCN3CCNCC3)c2)CC1. The van der Waals surface area contributed by atoms with Gasteiger partial charge in [-0.05, 0) is 73.7 Å². The van der Waals surface area contributed by atoms with Gasteiger partial charge in [0, 0.05) is 67.3 Å². The van der Waals surface area contributed by atoms with E-state index in [4.69, 9.17) is 21.1 Å². The Balaban J connectivity index is 1.25. The zero-order valence-corrected chi connectivity index (χ0v) is 23.8. The Morgan fingerprint density at radius 2 is 1.93 bits per heavy atom. The second-order valence-corrected chi connectivity index (χ2v) is 11.4. The first-order valence-corrected chi connectivity index (χ1v) is 14.7. The lowest BCUT2D eigenvalue weighted by molar-refractivity contribution is 0.110. The summed E-state index contributed by atoms with van der Waals surface area (Å²) in [5.41, 5.74) is 5.50. The predicted molar refractivity (Wildman–Crippen MR) is 159 cm³/mol.